The van der Waals surface area contributed by atoms with Gasteiger partial charge in [0, 0.05) is 19.6 Å². The molecule has 1 N–H and O–H groups in total. The Hall–Kier alpha value is -2.08. The summed E-state index contributed by atoms with van der Waals surface area (Å²) in [5.74, 6) is -0.329. The number of piperazine rings is 1. The van der Waals surface area contributed by atoms with Crippen LogP contribution < -0.4 is 5.32 Å². The van der Waals surface area contributed by atoms with Crippen molar-refractivity contribution in [3.05, 3.63) is 35.9 Å². The summed E-state index contributed by atoms with van der Waals surface area (Å²) in [6, 6.07) is 9.28. The zero-order valence-electron chi connectivity index (χ0n) is 12.1. The zero-order chi connectivity index (χ0) is 15.1. The first-order valence-electron chi connectivity index (χ1n) is 6.95. The van der Waals surface area contributed by atoms with Gasteiger partial charge < -0.3 is 19.7 Å². The number of esters is 1. The van der Waals surface area contributed by atoms with E-state index in [0.717, 1.165) is 5.56 Å². The van der Waals surface area contributed by atoms with Crippen molar-refractivity contribution in [1.82, 2.24) is 10.2 Å². The van der Waals surface area contributed by atoms with Gasteiger partial charge in [0.15, 0.2) is 0 Å². The standard InChI is InChI=1S/C15H20N2O4/c1-20-14(18)9-13-10-16-7-8-17(13)15(19)21-11-12-5-3-2-4-6-12/h2-6,13,16H,7-11H2,1H3. The van der Waals surface area contributed by atoms with Gasteiger partial charge >= 0.3 is 12.1 Å². The molecule has 1 amide bonds. The molecule has 2 rings (SSSR count). The second-order valence-corrected chi connectivity index (χ2v) is 4.87. The van der Waals surface area contributed by atoms with Crippen LogP contribution in [0, 0.1) is 0 Å². The van der Waals surface area contributed by atoms with Crippen LogP contribution in [-0.4, -0.2) is 49.7 Å². The average Bonchev–Trinajstić information content (AvgIpc) is 2.54. The van der Waals surface area contributed by atoms with Gasteiger partial charge in [0.25, 0.3) is 0 Å². The number of benzene rings is 1. The molecule has 1 aliphatic rings. The molecule has 21 heavy (non-hydrogen) atoms. The van der Waals surface area contributed by atoms with Crippen molar-refractivity contribution in [3.8, 4) is 0 Å². The van der Waals surface area contributed by atoms with Gasteiger partial charge in [0.2, 0.25) is 0 Å². The summed E-state index contributed by atoms with van der Waals surface area (Å²) in [6.07, 6.45) is -0.224. The SMILES string of the molecule is COC(=O)CC1CNCCN1C(=O)OCc1ccccc1. The van der Waals surface area contributed by atoms with Crippen LogP contribution >= 0.6 is 0 Å². The number of nitrogens with one attached hydrogen (secondary N) is 1. The van der Waals surface area contributed by atoms with Crippen molar-refractivity contribution >= 4 is 12.1 Å². The van der Waals surface area contributed by atoms with Gasteiger partial charge in [-0.1, -0.05) is 30.3 Å². The molecule has 0 bridgehead atoms. The highest BCUT2D eigenvalue weighted by atomic mass is 16.6. The molecule has 1 heterocycles. The fraction of sp³-hybridized carbons (Fsp3) is 0.467. The lowest BCUT2D eigenvalue weighted by atomic mass is 10.1. The van der Waals surface area contributed by atoms with Crippen LogP contribution in [0.25, 0.3) is 0 Å². The number of methoxy groups -OCH3 is 1. The number of ether oxygens (including phenoxy) is 2. The van der Waals surface area contributed by atoms with E-state index in [9.17, 15) is 9.59 Å². The van der Waals surface area contributed by atoms with Crippen LogP contribution in [-0.2, 0) is 20.9 Å². The minimum absolute atomic E-state index is 0.171. The lowest BCUT2D eigenvalue weighted by Crippen LogP contribution is -2.54. The second kappa shape index (κ2) is 7.64. The van der Waals surface area contributed by atoms with Crippen molar-refractivity contribution < 1.29 is 19.1 Å². The van der Waals surface area contributed by atoms with E-state index in [1.165, 1.54) is 7.11 Å². The molecule has 0 saturated carbocycles. The molecule has 1 fully saturated rings. The zero-order valence-corrected chi connectivity index (χ0v) is 12.1. The maximum Gasteiger partial charge on any atom is 0.410 e. The molecule has 1 aliphatic heterocycles. The predicted molar refractivity (Wildman–Crippen MR) is 76.6 cm³/mol. The van der Waals surface area contributed by atoms with Crippen LogP contribution in [0.2, 0.25) is 0 Å². The first-order chi connectivity index (χ1) is 10.2. The molecule has 6 heteroatoms. The van der Waals surface area contributed by atoms with Gasteiger partial charge in [-0.25, -0.2) is 4.79 Å². The summed E-state index contributed by atoms with van der Waals surface area (Å²) in [4.78, 5) is 25.2. The summed E-state index contributed by atoms with van der Waals surface area (Å²) < 4.78 is 9.98. The van der Waals surface area contributed by atoms with Gasteiger partial charge in [-0.05, 0) is 5.56 Å². The molecule has 1 unspecified atom stereocenters. The van der Waals surface area contributed by atoms with E-state index in [2.05, 4.69) is 10.1 Å². The molecule has 0 radical (unpaired) electrons. The monoisotopic (exact) mass is 292 g/mol. The van der Waals surface area contributed by atoms with E-state index in [1.54, 1.807) is 4.90 Å². The topological polar surface area (TPSA) is 67.9 Å². The summed E-state index contributed by atoms with van der Waals surface area (Å²) in [5, 5.41) is 3.17. The quantitative estimate of drug-likeness (QED) is 0.844. The predicted octanol–water partition coefficient (Wildman–Crippen LogP) is 1.16. The maximum absolute atomic E-state index is 12.2. The van der Waals surface area contributed by atoms with Crippen LogP contribution in [0.4, 0.5) is 4.79 Å². The van der Waals surface area contributed by atoms with Crippen molar-refractivity contribution in [3.63, 3.8) is 0 Å². The molecule has 114 valence electrons. The summed E-state index contributed by atoms with van der Waals surface area (Å²) in [6.45, 7) is 2.01. The lowest BCUT2D eigenvalue weighted by Gasteiger charge is -2.34. The van der Waals surface area contributed by atoms with Crippen LogP contribution in [0.15, 0.2) is 30.3 Å². The Morgan fingerprint density at radius 1 is 1.33 bits per heavy atom. The Bertz CT molecular complexity index is 478. The molecule has 1 saturated heterocycles. The van der Waals surface area contributed by atoms with E-state index in [0.29, 0.717) is 19.6 Å². The minimum atomic E-state index is -0.394. The third-order valence-electron chi connectivity index (χ3n) is 3.42. The fourth-order valence-corrected chi connectivity index (χ4v) is 2.26. The third-order valence-corrected chi connectivity index (χ3v) is 3.42. The summed E-state index contributed by atoms with van der Waals surface area (Å²) >= 11 is 0. The number of carbonyl (C=O) groups is 2. The summed E-state index contributed by atoms with van der Waals surface area (Å²) in [5.41, 5.74) is 0.936. The van der Waals surface area contributed by atoms with Gasteiger partial charge in [-0.2, -0.15) is 0 Å². The Morgan fingerprint density at radius 2 is 2.10 bits per heavy atom. The van der Waals surface area contributed by atoms with Gasteiger partial charge in [0.05, 0.1) is 19.6 Å². The van der Waals surface area contributed by atoms with E-state index < -0.39 is 6.09 Å². The minimum Gasteiger partial charge on any atom is -0.469 e. The second-order valence-electron chi connectivity index (χ2n) is 4.87. The summed E-state index contributed by atoms with van der Waals surface area (Å²) in [7, 11) is 1.34. The normalized spacial score (nSPS) is 18.1. The largest absolute Gasteiger partial charge is 0.469 e. The lowest BCUT2D eigenvalue weighted by molar-refractivity contribution is -0.142. The van der Waals surface area contributed by atoms with Gasteiger partial charge in [-0.15, -0.1) is 0 Å². The third kappa shape index (κ3) is 4.46. The highest BCUT2D eigenvalue weighted by Crippen LogP contribution is 2.11. The fourth-order valence-electron chi connectivity index (χ4n) is 2.26. The first-order valence-corrected chi connectivity index (χ1v) is 6.95. The number of hydrogen-bond acceptors (Lipinski definition) is 5. The molecule has 1 atom stereocenters. The molecular weight excluding hydrogens is 272 g/mol. The number of nitrogens with zero attached hydrogens (tertiary/aromatic N) is 1. The van der Waals surface area contributed by atoms with Gasteiger partial charge in [0.1, 0.15) is 6.61 Å². The average molecular weight is 292 g/mol. The molecule has 6 nitrogen and oxygen atoms in total. The van der Waals surface area contributed by atoms with E-state index in [4.69, 9.17) is 4.74 Å². The van der Waals surface area contributed by atoms with Crippen molar-refractivity contribution in [2.75, 3.05) is 26.7 Å². The number of amides is 1. The van der Waals surface area contributed by atoms with E-state index >= 15 is 0 Å². The molecule has 0 aliphatic carbocycles. The number of rotatable bonds is 4. The molecule has 1 aromatic carbocycles. The van der Waals surface area contributed by atoms with E-state index in [-0.39, 0.29) is 25.0 Å². The molecule has 0 aromatic heterocycles. The van der Waals surface area contributed by atoms with Crippen molar-refractivity contribution in [2.45, 2.75) is 19.1 Å². The van der Waals surface area contributed by atoms with E-state index in [1.807, 2.05) is 30.3 Å². The van der Waals surface area contributed by atoms with Crippen molar-refractivity contribution in [1.29, 1.82) is 0 Å². The number of hydrogen-bond donors (Lipinski definition) is 1. The molecule has 1 aromatic rings. The smallest absolute Gasteiger partial charge is 0.410 e. The Kier molecular flexibility index (Phi) is 5.57. The Morgan fingerprint density at radius 3 is 2.81 bits per heavy atom. The number of carbonyl (C=O) groups excluding carboxylic acids is 2. The maximum atomic E-state index is 12.2. The highest BCUT2D eigenvalue weighted by molar-refractivity contribution is 5.73. The van der Waals surface area contributed by atoms with Crippen LogP contribution in [0.3, 0.4) is 0 Å². The van der Waals surface area contributed by atoms with Crippen LogP contribution in [0.5, 0.6) is 0 Å². The van der Waals surface area contributed by atoms with Crippen LogP contribution in [0.1, 0.15) is 12.0 Å². The molecule has 0 spiro atoms. The first kappa shape index (κ1) is 15.3. The van der Waals surface area contributed by atoms with Gasteiger partial charge in [-0.3, -0.25) is 4.79 Å². The Balaban J connectivity index is 1.90. The molecular formula is C15H20N2O4. The highest BCUT2D eigenvalue weighted by Gasteiger charge is 2.29. The van der Waals surface area contributed by atoms with Crippen molar-refractivity contribution in [2.24, 2.45) is 0 Å². The Labute approximate surface area is 124 Å².